The van der Waals surface area contributed by atoms with Crippen LogP contribution < -0.4 is 0 Å². The summed E-state index contributed by atoms with van der Waals surface area (Å²) in [7, 11) is 0. The largest absolute Gasteiger partial charge is 0.479 e. The first-order valence-electron chi connectivity index (χ1n) is 9.30. The number of carbonyl (C=O) groups excluding carboxylic acids is 1. The van der Waals surface area contributed by atoms with Gasteiger partial charge in [-0.25, -0.2) is 4.79 Å². The van der Waals surface area contributed by atoms with Crippen molar-refractivity contribution in [2.45, 2.75) is 70.0 Å². The van der Waals surface area contributed by atoms with Gasteiger partial charge in [0, 0.05) is 18.2 Å². The molecule has 0 bridgehead atoms. The van der Waals surface area contributed by atoms with Gasteiger partial charge in [0.1, 0.15) is 5.78 Å². The number of carbonyl (C=O) groups is 2. The Kier molecular flexibility index (Phi) is 10.1. The fraction of sp³-hybridized carbons (Fsp3) is 0.700. The second-order valence-electron chi connectivity index (χ2n) is 7.34. The fourth-order valence-corrected chi connectivity index (χ4v) is 3.39. The molecule has 5 nitrogen and oxygen atoms in total. The van der Waals surface area contributed by atoms with Crippen molar-refractivity contribution in [3.8, 4) is 0 Å². The van der Waals surface area contributed by atoms with E-state index in [4.69, 9.17) is 16.7 Å². The third-order valence-electron chi connectivity index (χ3n) is 4.89. The van der Waals surface area contributed by atoms with Crippen molar-refractivity contribution in [1.29, 1.82) is 0 Å². The highest BCUT2D eigenvalue weighted by Gasteiger charge is 2.32. The Balaban J connectivity index is 2.45. The topological polar surface area (TPSA) is 94.8 Å². The molecule has 1 aliphatic rings. The minimum atomic E-state index is -1.34. The van der Waals surface area contributed by atoms with Crippen LogP contribution in [0.4, 0.5) is 0 Å². The molecule has 4 atom stereocenters. The summed E-state index contributed by atoms with van der Waals surface area (Å²) >= 11 is 5.67. The van der Waals surface area contributed by atoms with Gasteiger partial charge in [0.25, 0.3) is 0 Å². The van der Waals surface area contributed by atoms with E-state index in [0.717, 1.165) is 12.8 Å². The smallest absolute Gasteiger partial charge is 0.332 e. The summed E-state index contributed by atoms with van der Waals surface area (Å²) in [6.07, 6.45) is 11.1. The van der Waals surface area contributed by atoms with E-state index in [0.29, 0.717) is 38.0 Å². The van der Waals surface area contributed by atoms with Crippen molar-refractivity contribution in [2.75, 3.05) is 5.88 Å². The average molecular weight is 387 g/mol. The molecule has 6 heteroatoms. The van der Waals surface area contributed by atoms with Crippen LogP contribution in [0.5, 0.6) is 0 Å². The van der Waals surface area contributed by atoms with E-state index in [-0.39, 0.29) is 24.0 Å². The summed E-state index contributed by atoms with van der Waals surface area (Å²) in [5, 5.41) is 28.1. The molecule has 148 valence electrons. The highest BCUT2D eigenvalue weighted by Crippen LogP contribution is 2.33. The molecule has 1 saturated carbocycles. The zero-order valence-corrected chi connectivity index (χ0v) is 16.2. The predicted octanol–water partition coefficient (Wildman–Crippen LogP) is 3.47. The van der Waals surface area contributed by atoms with Gasteiger partial charge in [0.05, 0.1) is 5.60 Å². The van der Waals surface area contributed by atoms with Crippen molar-refractivity contribution in [3.63, 3.8) is 0 Å². The maximum Gasteiger partial charge on any atom is 0.332 e. The van der Waals surface area contributed by atoms with E-state index in [9.17, 15) is 19.8 Å². The number of ketones is 1. The fourth-order valence-electron chi connectivity index (χ4n) is 3.26. The van der Waals surface area contributed by atoms with Gasteiger partial charge in [0.15, 0.2) is 6.10 Å². The molecule has 1 rings (SSSR count). The Morgan fingerprint density at radius 1 is 1.38 bits per heavy atom. The molecule has 0 saturated heterocycles. The molecular formula is C20H31ClO5. The van der Waals surface area contributed by atoms with E-state index in [1.165, 1.54) is 0 Å². The molecular weight excluding hydrogens is 356 g/mol. The van der Waals surface area contributed by atoms with E-state index in [1.807, 2.05) is 24.3 Å². The molecule has 0 heterocycles. The highest BCUT2D eigenvalue weighted by atomic mass is 35.5. The minimum Gasteiger partial charge on any atom is -0.479 e. The first-order valence-corrected chi connectivity index (χ1v) is 9.84. The van der Waals surface area contributed by atoms with Crippen LogP contribution in [0, 0.1) is 11.8 Å². The number of allylic oxidation sites excluding steroid dienone is 3. The van der Waals surface area contributed by atoms with E-state index in [1.54, 1.807) is 6.92 Å². The maximum atomic E-state index is 12.1. The van der Waals surface area contributed by atoms with Crippen LogP contribution in [0.15, 0.2) is 24.3 Å². The summed E-state index contributed by atoms with van der Waals surface area (Å²) in [6, 6.07) is 0. The lowest BCUT2D eigenvalue weighted by Gasteiger charge is -2.21. The molecule has 0 amide bonds. The van der Waals surface area contributed by atoms with Crippen molar-refractivity contribution in [2.24, 2.45) is 11.8 Å². The zero-order valence-electron chi connectivity index (χ0n) is 15.4. The molecule has 3 N–H and O–H groups in total. The van der Waals surface area contributed by atoms with Gasteiger partial charge in [-0.2, -0.15) is 0 Å². The Labute approximate surface area is 160 Å². The zero-order chi connectivity index (χ0) is 19.6. The van der Waals surface area contributed by atoms with Crippen LogP contribution in [0.2, 0.25) is 0 Å². The lowest BCUT2D eigenvalue weighted by atomic mass is 9.90. The number of carboxylic acids is 1. The second-order valence-corrected chi connectivity index (χ2v) is 7.71. The minimum absolute atomic E-state index is 0.0558. The number of hydrogen-bond donors (Lipinski definition) is 3. The van der Waals surface area contributed by atoms with E-state index >= 15 is 0 Å². The molecule has 0 aromatic rings. The Morgan fingerprint density at radius 2 is 2.12 bits per heavy atom. The molecule has 0 radical (unpaired) electrons. The molecule has 0 aromatic carbocycles. The van der Waals surface area contributed by atoms with Gasteiger partial charge < -0.3 is 15.3 Å². The lowest BCUT2D eigenvalue weighted by Crippen LogP contribution is -2.23. The highest BCUT2D eigenvalue weighted by molar-refractivity contribution is 6.17. The SMILES string of the molecule is CC(O)(CC=C[C@H]1CCC(=O)[C@@H]1CC=CCCC(O)C(=O)O)CCCCl. The number of aliphatic hydroxyl groups is 2. The standard InChI is InChI=1S/C20H31ClO5/c1-20(26,13-6-14-21)12-5-7-15-10-11-17(22)16(15)8-3-2-4-9-18(23)19(24)25/h2-3,5,7,15-16,18,23,26H,4,6,8-14H2,1H3,(H,24,25)/t15-,16+,18?,20?/m0/s1. The van der Waals surface area contributed by atoms with Gasteiger partial charge in [0.2, 0.25) is 0 Å². The number of alkyl halides is 1. The van der Waals surface area contributed by atoms with Gasteiger partial charge in [-0.1, -0.05) is 24.3 Å². The van der Waals surface area contributed by atoms with Gasteiger partial charge in [-0.15, -0.1) is 11.6 Å². The molecule has 0 spiro atoms. The lowest BCUT2D eigenvalue weighted by molar-refractivity contribution is -0.146. The summed E-state index contributed by atoms with van der Waals surface area (Å²) in [5.74, 6) is -0.296. The van der Waals surface area contributed by atoms with Gasteiger partial charge >= 0.3 is 5.97 Å². The number of carboxylic acid groups (broad SMARTS) is 1. The van der Waals surface area contributed by atoms with E-state index in [2.05, 4.69) is 0 Å². The third kappa shape index (κ3) is 8.47. The van der Waals surface area contributed by atoms with Crippen LogP contribution in [-0.4, -0.2) is 44.7 Å². The van der Waals surface area contributed by atoms with Crippen molar-refractivity contribution >= 4 is 23.4 Å². The first kappa shape index (κ1) is 22.9. The molecule has 2 unspecified atom stereocenters. The molecule has 1 fully saturated rings. The molecule has 0 aliphatic heterocycles. The van der Waals surface area contributed by atoms with Crippen LogP contribution in [0.25, 0.3) is 0 Å². The number of rotatable bonds is 12. The number of Topliss-reactive ketones (excluding diaryl/α,β-unsaturated/α-hetero) is 1. The third-order valence-corrected chi connectivity index (χ3v) is 5.16. The Bertz CT molecular complexity index is 512. The monoisotopic (exact) mass is 386 g/mol. The normalized spacial score (nSPS) is 24.4. The second kappa shape index (κ2) is 11.5. The Hall–Kier alpha value is -1.17. The molecule has 26 heavy (non-hydrogen) atoms. The van der Waals surface area contributed by atoms with Crippen molar-refractivity contribution < 1.29 is 24.9 Å². The summed E-state index contributed by atoms with van der Waals surface area (Å²) in [6.45, 7) is 1.80. The van der Waals surface area contributed by atoms with Gasteiger partial charge in [-0.05, 0) is 57.8 Å². The summed E-state index contributed by atoms with van der Waals surface area (Å²) in [4.78, 5) is 22.6. The predicted molar refractivity (Wildman–Crippen MR) is 102 cm³/mol. The van der Waals surface area contributed by atoms with Crippen LogP contribution >= 0.6 is 11.6 Å². The number of hydrogen-bond acceptors (Lipinski definition) is 4. The molecule has 0 aromatic heterocycles. The van der Waals surface area contributed by atoms with Crippen LogP contribution in [-0.2, 0) is 9.59 Å². The van der Waals surface area contributed by atoms with Crippen LogP contribution in [0.1, 0.15) is 58.3 Å². The quantitative estimate of drug-likeness (QED) is 0.352. The van der Waals surface area contributed by atoms with Crippen LogP contribution in [0.3, 0.4) is 0 Å². The average Bonchev–Trinajstić information content (AvgIpc) is 2.92. The number of aliphatic hydroxyl groups excluding tert-OH is 1. The first-order chi connectivity index (χ1) is 12.3. The Morgan fingerprint density at radius 3 is 2.77 bits per heavy atom. The maximum absolute atomic E-state index is 12.1. The van der Waals surface area contributed by atoms with Gasteiger partial charge in [-0.3, -0.25) is 4.79 Å². The number of aliphatic carboxylic acids is 1. The van der Waals surface area contributed by atoms with Crippen molar-refractivity contribution in [1.82, 2.24) is 0 Å². The number of halogens is 1. The van der Waals surface area contributed by atoms with Crippen molar-refractivity contribution in [3.05, 3.63) is 24.3 Å². The summed E-state index contributed by atoms with van der Waals surface area (Å²) in [5.41, 5.74) is -0.769. The summed E-state index contributed by atoms with van der Waals surface area (Å²) < 4.78 is 0. The molecule has 1 aliphatic carbocycles. The van der Waals surface area contributed by atoms with E-state index < -0.39 is 17.7 Å².